The van der Waals surface area contributed by atoms with E-state index in [4.69, 9.17) is 4.74 Å². The van der Waals surface area contributed by atoms with Crippen LogP contribution in [-0.4, -0.2) is 32.1 Å². The fraction of sp³-hybridized carbons (Fsp3) is 0.714. The molecule has 0 saturated carbocycles. The van der Waals surface area contributed by atoms with Crippen molar-refractivity contribution in [3.8, 4) is 0 Å². The van der Waals surface area contributed by atoms with E-state index in [2.05, 4.69) is 17.3 Å². The van der Waals surface area contributed by atoms with Gasteiger partial charge in [-0.05, 0) is 6.92 Å². The molecule has 0 bridgehead atoms. The smallest absolute Gasteiger partial charge is 0.140 e. The van der Waals surface area contributed by atoms with Crippen molar-refractivity contribution in [1.29, 1.82) is 0 Å². The fourth-order valence-electron chi connectivity index (χ4n) is 1.15. The van der Waals surface area contributed by atoms with Gasteiger partial charge in [0.15, 0.2) is 0 Å². The third kappa shape index (κ3) is 1.17. The van der Waals surface area contributed by atoms with Crippen LogP contribution in [0, 0.1) is 0 Å². The summed E-state index contributed by atoms with van der Waals surface area (Å²) in [6.07, 6.45) is 0. The number of likely N-dealkylation sites (N-methyl/N-ethyl adjacent to an activating group) is 1. The third-order valence-electron chi connectivity index (χ3n) is 1.70. The fourth-order valence-corrected chi connectivity index (χ4v) is 1.15. The van der Waals surface area contributed by atoms with Crippen molar-refractivity contribution < 1.29 is 4.74 Å². The van der Waals surface area contributed by atoms with Crippen LogP contribution in [0.3, 0.4) is 0 Å². The van der Waals surface area contributed by atoms with Crippen molar-refractivity contribution in [2.75, 3.05) is 27.2 Å². The lowest BCUT2D eigenvalue weighted by Gasteiger charge is -2.28. The second kappa shape index (κ2) is 2.82. The number of ether oxygens (including phenoxy) is 1. The maximum Gasteiger partial charge on any atom is 0.140 e. The van der Waals surface area contributed by atoms with E-state index in [9.17, 15) is 0 Å². The minimum Gasteiger partial charge on any atom is -0.493 e. The van der Waals surface area contributed by atoms with Gasteiger partial charge in [0.1, 0.15) is 18.2 Å². The van der Waals surface area contributed by atoms with Crippen molar-refractivity contribution in [2.45, 2.75) is 6.92 Å². The van der Waals surface area contributed by atoms with Gasteiger partial charge in [0.05, 0.1) is 6.54 Å². The highest BCUT2D eigenvalue weighted by Crippen LogP contribution is 2.10. The Morgan fingerprint density at radius 3 is 2.70 bits per heavy atom. The average Bonchev–Trinajstić information content (AvgIpc) is 1.88. The van der Waals surface area contributed by atoms with Crippen LogP contribution in [0.5, 0.6) is 0 Å². The van der Waals surface area contributed by atoms with Gasteiger partial charge in [0.2, 0.25) is 0 Å². The zero-order valence-corrected chi connectivity index (χ0v) is 6.77. The Hall–Kier alpha value is -0.860. The van der Waals surface area contributed by atoms with E-state index >= 15 is 0 Å². The highest BCUT2D eigenvalue weighted by atomic mass is 16.5. The van der Waals surface area contributed by atoms with Gasteiger partial charge in [-0.25, -0.2) is 0 Å². The molecule has 0 amide bonds. The van der Waals surface area contributed by atoms with Gasteiger partial charge in [0, 0.05) is 14.1 Å². The van der Waals surface area contributed by atoms with E-state index in [1.54, 1.807) is 0 Å². The summed E-state index contributed by atoms with van der Waals surface area (Å²) in [5.41, 5.74) is 0. The molecule has 1 N–H and O–H groups in total. The molecule has 1 heterocycles. The summed E-state index contributed by atoms with van der Waals surface area (Å²) in [5.74, 6) is 2.07. The highest BCUT2D eigenvalue weighted by Gasteiger charge is 2.12. The van der Waals surface area contributed by atoms with Crippen LogP contribution in [0.4, 0.5) is 0 Å². The SMILES string of the molecule is CNC1=C(C)OCCN1C. The molecule has 1 rings (SSSR count). The lowest BCUT2D eigenvalue weighted by atomic mass is 10.4. The molecule has 0 fully saturated rings. The highest BCUT2D eigenvalue weighted by molar-refractivity contribution is 5.04. The molecule has 0 aliphatic carbocycles. The molecule has 0 aromatic rings. The molecule has 0 radical (unpaired) electrons. The molecule has 1 aliphatic heterocycles. The van der Waals surface area contributed by atoms with Gasteiger partial charge in [-0.1, -0.05) is 0 Å². The zero-order chi connectivity index (χ0) is 7.56. The van der Waals surface area contributed by atoms with Gasteiger partial charge in [-0.2, -0.15) is 0 Å². The zero-order valence-electron chi connectivity index (χ0n) is 6.77. The van der Waals surface area contributed by atoms with Gasteiger partial charge in [-0.3, -0.25) is 0 Å². The number of rotatable bonds is 1. The third-order valence-corrected chi connectivity index (χ3v) is 1.70. The quantitative estimate of drug-likeness (QED) is 0.572. The number of nitrogens with one attached hydrogen (secondary N) is 1. The van der Waals surface area contributed by atoms with Crippen LogP contribution in [-0.2, 0) is 4.74 Å². The molecule has 3 heteroatoms. The maximum atomic E-state index is 5.33. The first-order valence-corrected chi connectivity index (χ1v) is 3.48. The summed E-state index contributed by atoms with van der Waals surface area (Å²) in [7, 11) is 3.96. The molecule has 0 spiro atoms. The Bertz CT molecular complexity index is 154. The van der Waals surface area contributed by atoms with Gasteiger partial charge in [-0.15, -0.1) is 0 Å². The summed E-state index contributed by atoms with van der Waals surface area (Å²) in [5, 5.41) is 3.08. The van der Waals surface area contributed by atoms with Gasteiger partial charge >= 0.3 is 0 Å². The van der Waals surface area contributed by atoms with Crippen molar-refractivity contribution >= 4 is 0 Å². The Balaban J connectivity index is 2.73. The van der Waals surface area contributed by atoms with Crippen molar-refractivity contribution in [3.63, 3.8) is 0 Å². The standard InChI is InChI=1S/C7H14N2O/c1-6-7(8-2)9(3)4-5-10-6/h8H,4-5H2,1-3H3. The van der Waals surface area contributed by atoms with Crippen LogP contribution in [0.2, 0.25) is 0 Å². The minimum atomic E-state index is 0.799. The second-order valence-corrected chi connectivity index (χ2v) is 2.42. The lowest BCUT2D eigenvalue weighted by molar-refractivity contribution is 0.137. The summed E-state index contributed by atoms with van der Waals surface area (Å²) >= 11 is 0. The Morgan fingerprint density at radius 2 is 2.30 bits per heavy atom. The van der Waals surface area contributed by atoms with Crippen molar-refractivity contribution in [2.24, 2.45) is 0 Å². The van der Waals surface area contributed by atoms with E-state index < -0.39 is 0 Å². The first-order chi connectivity index (χ1) is 4.75. The predicted molar refractivity (Wildman–Crippen MR) is 40.3 cm³/mol. The molecule has 58 valence electrons. The first-order valence-electron chi connectivity index (χ1n) is 3.48. The summed E-state index contributed by atoms with van der Waals surface area (Å²) in [4.78, 5) is 2.15. The Labute approximate surface area is 61.7 Å². The largest absolute Gasteiger partial charge is 0.493 e. The van der Waals surface area contributed by atoms with E-state index in [0.29, 0.717) is 0 Å². The summed E-state index contributed by atoms with van der Waals surface area (Å²) < 4.78 is 5.33. The van der Waals surface area contributed by atoms with E-state index in [-0.39, 0.29) is 0 Å². The Morgan fingerprint density at radius 1 is 1.60 bits per heavy atom. The van der Waals surface area contributed by atoms with E-state index in [1.165, 1.54) is 0 Å². The number of hydrogen-bond donors (Lipinski definition) is 1. The second-order valence-electron chi connectivity index (χ2n) is 2.42. The molecular weight excluding hydrogens is 128 g/mol. The molecule has 0 aromatic heterocycles. The van der Waals surface area contributed by atoms with Crippen LogP contribution < -0.4 is 5.32 Å². The number of nitrogens with zero attached hydrogens (tertiary/aromatic N) is 1. The van der Waals surface area contributed by atoms with Crippen LogP contribution >= 0.6 is 0 Å². The minimum absolute atomic E-state index is 0.799. The van der Waals surface area contributed by atoms with Crippen LogP contribution in [0.15, 0.2) is 11.6 Å². The molecule has 0 unspecified atom stereocenters. The lowest BCUT2D eigenvalue weighted by Crippen LogP contribution is -2.34. The van der Waals surface area contributed by atoms with E-state index in [0.717, 1.165) is 24.7 Å². The van der Waals surface area contributed by atoms with Crippen molar-refractivity contribution in [1.82, 2.24) is 10.2 Å². The van der Waals surface area contributed by atoms with Gasteiger partial charge < -0.3 is 15.0 Å². The van der Waals surface area contributed by atoms with E-state index in [1.807, 2.05) is 14.0 Å². The molecule has 10 heavy (non-hydrogen) atoms. The van der Waals surface area contributed by atoms with Gasteiger partial charge in [0.25, 0.3) is 0 Å². The summed E-state index contributed by atoms with van der Waals surface area (Å²) in [6.45, 7) is 3.74. The molecule has 1 aliphatic rings. The molecule has 0 atom stereocenters. The number of allylic oxidation sites excluding steroid dienone is 1. The average molecular weight is 142 g/mol. The first kappa shape index (κ1) is 7.25. The topological polar surface area (TPSA) is 24.5 Å². The van der Waals surface area contributed by atoms with Crippen molar-refractivity contribution in [3.05, 3.63) is 11.6 Å². The number of hydrogen-bond acceptors (Lipinski definition) is 3. The normalized spacial score (nSPS) is 18.9. The van der Waals surface area contributed by atoms with Crippen LogP contribution in [0.25, 0.3) is 0 Å². The van der Waals surface area contributed by atoms with Crippen LogP contribution in [0.1, 0.15) is 6.92 Å². The molecule has 0 saturated heterocycles. The molecule has 0 aromatic carbocycles. The maximum absolute atomic E-state index is 5.33. The summed E-state index contributed by atoms with van der Waals surface area (Å²) in [6, 6.07) is 0. The molecular formula is C7H14N2O. The monoisotopic (exact) mass is 142 g/mol. The molecule has 3 nitrogen and oxygen atoms in total. The Kier molecular flexibility index (Phi) is 2.04. The predicted octanol–water partition coefficient (Wildman–Crippen LogP) is 0.357.